The molecule has 2 aromatic carbocycles. The zero-order chi connectivity index (χ0) is 25.0. The van der Waals surface area contributed by atoms with Crippen LogP contribution in [0.2, 0.25) is 0 Å². The van der Waals surface area contributed by atoms with Gasteiger partial charge in [-0.25, -0.2) is 13.6 Å². The minimum absolute atomic E-state index is 0.244. The number of benzene rings is 2. The number of aliphatic hydroxyl groups is 1. The van der Waals surface area contributed by atoms with E-state index in [1.54, 1.807) is 18.2 Å². The highest BCUT2D eigenvalue weighted by Crippen LogP contribution is 2.29. The van der Waals surface area contributed by atoms with Crippen molar-refractivity contribution in [1.82, 2.24) is 21.0 Å². The molecule has 2 aromatic rings. The number of likely N-dealkylation sites (tertiary alicyclic amines) is 1. The first-order chi connectivity index (χ1) is 16.8. The summed E-state index contributed by atoms with van der Waals surface area (Å²) in [5.74, 6) is -2.07. The fourth-order valence-electron chi connectivity index (χ4n) is 4.60. The SMILES string of the molecule is COCCN1C[C@@H](NC(=O)NC2(CO)NN(c3ccccc3)C=C2C)[C@H](c2ccc(F)c(F)c2)C1. The molecule has 3 atom stereocenters. The van der Waals surface area contributed by atoms with Gasteiger partial charge in [-0.05, 0) is 42.3 Å². The van der Waals surface area contributed by atoms with Crippen molar-refractivity contribution in [2.75, 3.05) is 45.0 Å². The van der Waals surface area contributed by atoms with Crippen LogP contribution in [0.3, 0.4) is 0 Å². The number of nitrogens with one attached hydrogen (secondary N) is 3. The summed E-state index contributed by atoms with van der Waals surface area (Å²) in [4.78, 5) is 15.2. The van der Waals surface area contributed by atoms with Gasteiger partial charge in [0.1, 0.15) is 0 Å². The zero-order valence-electron chi connectivity index (χ0n) is 19.8. The predicted molar refractivity (Wildman–Crippen MR) is 129 cm³/mol. The minimum atomic E-state index is -1.19. The molecular formula is C25H31F2N5O3. The van der Waals surface area contributed by atoms with Gasteiger partial charge in [-0.2, -0.15) is 5.43 Å². The van der Waals surface area contributed by atoms with E-state index in [4.69, 9.17) is 4.74 Å². The van der Waals surface area contributed by atoms with Gasteiger partial charge in [-0.1, -0.05) is 24.3 Å². The molecule has 1 unspecified atom stereocenters. The minimum Gasteiger partial charge on any atom is -0.392 e. The summed E-state index contributed by atoms with van der Waals surface area (Å²) in [6, 6.07) is 12.5. The smallest absolute Gasteiger partial charge is 0.316 e. The fraction of sp³-hybridized carbons (Fsp3) is 0.400. The van der Waals surface area contributed by atoms with Crippen LogP contribution in [0.4, 0.5) is 19.3 Å². The van der Waals surface area contributed by atoms with E-state index in [-0.39, 0.29) is 18.6 Å². The number of anilines is 1. The second kappa shape index (κ2) is 10.7. The van der Waals surface area contributed by atoms with Crippen LogP contribution in [0.25, 0.3) is 0 Å². The van der Waals surface area contributed by atoms with Crippen LogP contribution in [-0.4, -0.2) is 67.7 Å². The number of urea groups is 1. The van der Waals surface area contributed by atoms with Gasteiger partial charge in [0.15, 0.2) is 17.3 Å². The highest BCUT2D eigenvalue weighted by Gasteiger charge is 2.41. The van der Waals surface area contributed by atoms with Crippen molar-refractivity contribution >= 4 is 11.7 Å². The van der Waals surface area contributed by atoms with Gasteiger partial charge in [-0.15, -0.1) is 0 Å². The molecule has 8 nitrogen and oxygen atoms in total. The number of carbonyl (C=O) groups is 1. The monoisotopic (exact) mass is 487 g/mol. The third-order valence-corrected chi connectivity index (χ3v) is 6.60. The summed E-state index contributed by atoms with van der Waals surface area (Å²) >= 11 is 0. The van der Waals surface area contributed by atoms with E-state index in [0.29, 0.717) is 31.8 Å². The average Bonchev–Trinajstić information content (AvgIpc) is 3.40. The van der Waals surface area contributed by atoms with Crippen molar-refractivity contribution in [2.24, 2.45) is 0 Å². The molecular weight excluding hydrogens is 456 g/mol. The number of rotatable bonds is 8. The maximum atomic E-state index is 14.0. The molecule has 2 heterocycles. The normalized spacial score (nSPS) is 24.5. The maximum Gasteiger partial charge on any atom is 0.316 e. The summed E-state index contributed by atoms with van der Waals surface area (Å²) in [5, 5.41) is 17.8. The summed E-state index contributed by atoms with van der Waals surface area (Å²) in [7, 11) is 1.61. The number of para-hydroxylation sites is 1. The van der Waals surface area contributed by atoms with E-state index >= 15 is 0 Å². The van der Waals surface area contributed by atoms with E-state index in [1.807, 2.05) is 43.5 Å². The van der Waals surface area contributed by atoms with Gasteiger partial charge >= 0.3 is 6.03 Å². The van der Waals surface area contributed by atoms with Gasteiger partial charge < -0.3 is 20.5 Å². The zero-order valence-corrected chi connectivity index (χ0v) is 19.8. The van der Waals surface area contributed by atoms with Gasteiger partial charge in [0.05, 0.1) is 24.9 Å². The molecule has 10 heteroatoms. The molecule has 4 N–H and O–H groups in total. The largest absolute Gasteiger partial charge is 0.392 e. The van der Waals surface area contributed by atoms with Crippen LogP contribution in [0.1, 0.15) is 18.4 Å². The first-order valence-corrected chi connectivity index (χ1v) is 11.5. The highest BCUT2D eigenvalue weighted by atomic mass is 19.2. The Hall–Kier alpha value is -3.05. The van der Waals surface area contributed by atoms with E-state index in [9.17, 15) is 18.7 Å². The highest BCUT2D eigenvalue weighted by molar-refractivity contribution is 5.76. The lowest BCUT2D eigenvalue weighted by molar-refractivity contribution is 0.157. The Bertz CT molecular complexity index is 1070. The number of amides is 2. The lowest BCUT2D eigenvalue weighted by Crippen LogP contribution is -2.65. The van der Waals surface area contributed by atoms with E-state index in [2.05, 4.69) is 21.0 Å². The van der Waals surface area contributed by atoms with E-state index < -0.39 is 23.3 Å². The molecule has 188 valence electrons. The van der Waals surface area contributed by atoms with Crippen LogP contribution in [-0.2, 0) is 4.74 Å². The Morgan fingerprint density at radius 1 is 1.20 bits per heavy atom. The molecule has 0 aromatic heterocycles. The van der Waals surface area contributed by atoms with Crippen LogP contribution in [0, 0.1) is 11.6 Å². The molecule has 2 aliphatic heterocycles. The van der Waals surface area contributed by atoms with Crippen molar-refractivity contribution in [3.05, 3.63) is 77.5 Å². The number of carbonyl (C=O) groups excluding carboxylic acids is 1. The summed E-state index contributed by atoms with van der Waals surface area (Å²) in [5.41, 5.74) is 4.17. The quantitative estimate of drug-likeness (QED) is 0.457. The molecule has 35 heavy (non-hydrogen) atoms. The second-order valence-corrected chi connectivity index (χ2v) is 8.93. The van der Waals surface area contributed by atoms with Crippen LogP contribution in [0.15, 0.2) is 60.3 Å². The number of hydrazine groups is 1. The van der Waals surface area contributed by atoms with Crippen molar-refractivity contribution in [3.8, 4) is 0 Å². The first-order valence-electron chi connectivity index (χ1n) is 11.5. The number of hydrogen-bond donors (Lipinski definition) is 4. The van der Waals surface area contributed by atoms with Crippen molar-refractivity contribution in [2.45, 2.75) is 24.5 Å². The Labute approximate surface area is 203 Å². The number of ether oxygens (including phenoxy) is 1. The first kappa shape index (κ1) is 25.1. The maximum absolute atomic E-state index is 14.0. The van der Waals surface area contributed by atoms with E-state index in [1.165, 1.54) is 6.07 Å². The third kappa shape index (κ3) is 5.46. The van der Waals surface area contributed by atoms with E-state index in [0.717, 1.165) is 17.3 Å². The molecule has 0 saturated carbocycles. The molecule has 0 aliphatic carbocycles. The molecule has 0 radical (unpaired) electrons. The Morgan fingerprint density at radius 2 is 1.97 bits per heavy atom. The molecule has 0 bridgehead atoms. The standard InChI is InChI=1S/C25H31F2N5O3/c1-17-13-32(19-6-4-3-5-7-19)30-25(17,16-33)29-24(34)28-23-15-31(10-11-35-2)14-20(23)18-8-9-21(26)22(27)12-18/h3-9,12-13,20,23,30,33H,10-11,14-16H2,1-2H3,(H2,28,29,34)/t20-,23+,25?/m0/s1. The number of halogens is 2. The summed E-state index contributed by atoms with van der Waals surface area (Å²) in [6.45, 7) is 3.68. The van der Waals surface area contributed by atoms with Gasteiger partial charge in [-0.3, -0.25) is 9.91 Å². The van der Waals surface area contributed by atoms with Crippen molar-refractivity contribution in [3.63, 3.8) is 0 Å². The lowest BCUT2D eigenvalue weighted by Gasteiger charge is -2.33. The van der Waals surface area contributed by atoms with Crippen LogP contribution < -0.4 is 21.1 Å². The van der Waals surface area contributed by atoms with Crippen LogP contribution >= 0.6 is 0 Å². The summed E-state index contributed by atoms with van der Waals surface area (Å²) < 4.78 is 32.6. The molecule has 4 rings (SSSR count). The number of hydrogen-bond acceptors (Lipinski definition) is 6. The van der Waals surface area contributed by atoms with Gasteiger partial charge in [0.25, 0.3) is 0 Å². The number of methoxy groups -OCH3 is 1. The van der Waals surface area contributed by atoms with Crippen molar-refractivity contribution < 1.29 is 23.4 Å². The lowest BCUT2D eigenvalue weighted by atomic mass is 9.94. The predicted octanol–water partition coefficient (Wildman–Crippen LogP) is 2.30. The van der Waals surface area contributed by atoms with Crippen LogP contribution in [0.5, 0.6) is 0 Å². The molecule has 0 spiro atoms. The Morgan fingerprint density at radius 3 is 2.66 bits per heavy atom. The topological polar surface area (TPSA) is 89.1 Å². The Kier molecular flexibility index (Phi) is 7.66. The van der Waals surface area contributed by atoms with Crippen molar-refractivity contribution in [1.29, 1.82) is 0 Å². The molecule has 1 saturated heterocycles. The summed E-state index contributed by atoms with van der Waals surface area (Å²) in [6.07, 6.45) is 1.82. The fourth-order valence-corrected chi connectivity index (χ4v) is 4.60. The average molecular weight is 488 g/mol. The van der Waals surface area contributed by atoms with Gasteiger partial charge in [0, 0.05) is 38.9 Å². The Balaban J connectivity index is 1.48. The number of nitrogens with zero attached hydrogens (tertiary/aromatic N) is 2. The third-order valence-electron chi connectivity index (χ3n) is 6.60. The molecule has 2 amide bonds. The van der Waals surface area contributed by atoms with Gasteiger partial charge in [0.2, 0.25) is 0 Å². The molecule has 2 aliphatic rings. The second-order valence-electron chi connectivity index (χ2n) is 8.93. The molecule has 1 fully saturated rings. The number of aliphatic hydroxyl groups excluding tert-OH is 1.